The number of rotatable bonds is 7. The molecule has 29 heavy (non-hydrogen) atoms. The van der Waals surface area contributed by atoms with Crippen molar-refractivity contribution in [2.75, 3.05) is 26.7 Å². The molecule has 4 atom stereocenters. The van der Waals surface area contributed by atoms with Crippen LogP contribution in [0.3, 0.4) is 0 Å². The van der Waals surface area contributed by atoms with E-state index in [0.717, 1.165) is 24.3 Å². The maximum atomic E-state index is 12.8. The van der Waals surface area contributed by atoms with Gasteiger partial charge in [-0.05, 0) is 31.2 Å². The van der Waals surface area contributed by atoms with Crippen molar-refractivity contribution in [3.63, 3.8) is 0 Å². The van der Waals surface area contributed by atoms with Gasteiger partial charge in [0.05, 0.1) is 25.5 Å². The number of para-hydroxylation sites is 1. The van der Waals surface area contributed by atoms with E-state index in [1.807, 2.05) is 31.2 Å². The zero-order valence-electron chi connectivity index (χ0n) is 16.9. The van der Waals surface area contributed by atoms with E-state index in [0.29, 0.717) is 25.6 Å². The molecule has 4 rings (SSSR count). The summed E-state index contributed by atoms with van der Waals surface area (Å²) in [5, 5.41) is 6.44. The van der Waals surface area contributed by atoms with Crippen LogP contribution in [-0.2, 0) is 16.1 Å². The molecule has 0 aromatic heterocycles. The molecule has 7 nitrogen and oxygen atoms in total. The molecule has 2 N–H and O–H groups in total. The molecular formula is C22H28N4O3. The third kappa shape index (κ3) is 3.61. The highest BCUT2D eigenvalue weighted by Gasteiger charge is 2.58. The summed E-state index contributed by atoms with van der Waals surface area (Å²) in [5.74, 6) is 1.67. The number of allylic oxidation sites excluding steroid dienone is 2. The predicted molar refractivity (Wildman–Crippen MR) is 110 cm³/mol. The van der Waals surface area contributed by atoms with Gasteiger partial charge in [0, 0.05) is 25.2 Å². The number of ether oxygens (including phenoxy) is 1. The Balaban J connectivity index is 1.34. The number of benzene rings is 1. The number of methoxy groups -OCH3 is 1. The lowest BCUT2D eigenvalue weighted by Gasteiger charge is -2.18. The Labute approximate surface area is 171 Å². The number of hydrogen-bond donors (Lipinski definition) is 2. The molecule has 1 aromatic carbocycles. The minimum absolute atomic E-state index is 0.00499. The third-order valence-electron chi connectivity index (χ3n) is 6.13. The lowest BCUT2D eigenvalue weighted by molar-refractivity contribution is -0.140. The Bertz CT molecular complexity index is 820. The van der Waals surface area contributed by atoms with E-state index >= 15 is 0 Å². The van der Waals surface area contributed by atoms with Gasteiger partial charge in [0.25, 0.3) is 0 Å². The Kier molecular flexibility index (Phi) is 5.56. The fourth-order valence-corrected chi connectivity index (χ4v) is 4.81. The molecule has 1 saturated carbocycles. The topological polar surface area (TPSA) is 83.0 Å². The highest BCUT2D eigenvalue weighted by molar-refractivity contribution is 6.06. The Morgan fingerprint density at radius 2 is 1.83 bits per heavy atom. The number of nitrogens with one attached hydrogen (secondary N) is 2. The van der Waals surface area contributed by atoms with Gasteiger partial charge in [-0.25, -0.2) is 4.99 Å². The smallest absolute Gasteiger partial charge is 0.233 e. The fraction of sp³-hybridized carbons (Fsp3) is 0.500. The number of amides is 2. The first-order chi connectivity index (χ1) is 14.1. The number of nitrogens with zero attached hydrogens (tertiary/aromatic N) is 2. The van der Waals surface area contributed by atoms with Crippen molar-refractivity contribution in [2.24, 2.45) is 28.7 Å². The van der Waals surface area contributed by atoms with Crippen LogP contribution < -0.4 is 15.4 Å². The standard InChI is InChI=1S/C22H28N4O3/c1-3-23-22(25-13-16-6-4-5-7-17(16)29-2)24-10-11-26-20(27)18-14-8-9-15(12-14)19(18)21(26)28/h4-9,14-15,18-19H,3,10-13H2,1-2H3,(H2,23,24,25). The van der Waals surface area contributed by atoms with Crippen molar-refractivity contribution in [1.82, 2.24) is 15.5 Å². The predicted octanol–water partition coefficient (Wildman–Crippen LogP) is 1.56. The van der Waals surface area contributed by atoms with Gasteiger partial charge in [0.2, 0.25) is 11.8 Å². The highest BCUT2D eigenvalue weighted by Crippen LogP contribution is 2.52. The average molecular weight is 396 g/mol. The van der Waals surface area contributed by atoms with Crippen molar-refractivity contribution in [3.05, 3.63) is 42.0 Å². The van der Waals surface area contributed by atoms with Crippen molar-refractivity contribution >= 4 is 17.8 Å². The summed E-state index contributed by atoms with van der Waals surface area (Å²) < 4.78 is 5.37. The van der Waals surface area contributed by atoms with Crippen LogP contribution in [0.2, 0.25) is 0 Å². The Morgan fingerprint density at radius 3 is 2.48 bits per heavy atom. The molecule has 0 spiro atoms. The first-order valence-electron chi connectivity index (χ1n) is 10.3. The van der Waals surface area contributed by atoms with Crippen LogP contribution in [0.4, 0.5) is 0 Å². The van der Waals surface area contributed by atoms with E-state index in [1.165, 1.54) is 4.90 Å². The molecule has 1 saturated heterocycles. The third-order valence-corrected chi connectivity index (χ3v) is 6.13. The largest absolute Gasteiger partial charge is 0.496 e. The molecule has 154 valence electrons. The zero-order valence-corrected chi connectivity index (χ0v) is 16.9. The van der Waals surface area contributed by atoms with Crippen molar-refractivity contribution < 1.29 is 14.3 Å². The first kappa shape index (κ1) is 19.5. The van der Waals surface area contributed by atoms with E-state index in [-0.39, 0.29) is 35.5 Å². The molecule has 2 aliphatic carbocycles. The number of carbonyl (C=O) groups excluding carboxylic acids is 2. The molecule has 4 unspecified atom stereocenters. The molecule has 2 fully saturated rings. The SMILES string of the molecule is CCNC(=NCc1ccccc1OC)NCCN1C(=O)C2C3C=CC(C3)C2C1=O. The Morgan fingerprint density at radius 1 is 1.14 bits per heavy atom. The van der Waals surface area contributed by atoms with Crippen LogP contribution in [0.1, 0.15) is 18.9 Å². The molecule has 1 aromatic rings. The summed E-state index contributed by atoms with van der Waals surface area (Å²) in [6, 6.07) is 7.77. The summed E-state index contributed by atoms with van der Waals surface area (Å²) >= 11 is 0. The number of likely N-dealkylation sites (tertiary alicyclic amines) is 1. The molecule has 1 aliphatic heterocycles. The second kappa shape index (κ2) is 8.27. The van der Waals surface area contributed by atoms with Crippen molar-refractivity contribution in [1.29, 1.82) is 0 Å². The van der Waals surface area contributed by atoms with Crippen LogP contribution in [0, 0.1) is 23.7 Å². The molecule has 2 amide bonds. The minimum Gasteiger partial charge on any atom is -0.496 e. The maximum absolute atomic E-state index is 12.8. The normalized spacial score (nSPS) is 27.5. The molecule has 2 bridgehead atoms. The molecule has 1 heterocycles. The van der Waals surface area contributed by atoms with Gasteiger partial charge in [0.1, 0.15) is 5.75 Å². The van der Waals surface area contributed by atoms with Crippen molar-refractivity contribution in [2.45, 2.75) is 19.9 Å². The molecular weight excluding hydrogens is 368 g/mol. The summed E-state index contributed by atoms with van der Waals surface area (Å²) in [7, 11) is 1.65. The van der Waals surface area contributed by atoms with Crippen LogP contribution >= 0.6 is 0 Å². The molecule has 7 heteroatoms. The van der Waals surface area contributed by atoms with E-state index in [4.69, 9.17) is 4.74 Å². The van der Waals surface area contributed by atoms with Gasteiger partial charge in [-0.3, -0.25) is 14.5 Å². The summed E-state index contributed by atoms with van der Waals surface area (Å²) in [6.07, 6.45) is 5.19. The van der Waals surface area contributed by atoms with Crippen LogP contribution in [0.5, 0.6) is 5.75 Å². The zero-order chi connectivity index (χ0) is 20.4. The number of hydrogen-bond acceptors (Lipinski definition) is 4. The first-order valence-corrected chi connectivity index (χ1v) is 10.3. The number of carbonyl (C=O) groups is 2. The van der Waals surface area contributed by atoms with Gasteiger partial charge < -0.3 is 15.4 Å². The highest BCUT2D eigenvalue weighted by atomic mass is 16.5. The lowest BCUT2D eigenvalue weighted by Crippen LogP contribution is -2.43. The van der Waals surface area contributed by atoms with E-state index in [1.54, 1.807) is 7.11 Å². The van der Waals surface area contributed by atoms with Gasteiger partial charge in [0.15, 0.2) is 5.96 Å². The monoisotopic (exact) mass is 396 g/mol. The number of imide groups is 1. The summed E-state index contributed by atoms with van der Waals surface area (Å²) in [5.41, 5.74) is 0.993. The van der Waals surface area contributed by atoms with Crippen molar-refractivity contribution in [3.8, 4) is 5.75 Å². The van der Waals surface area contributed by atoms with Crippen LogP contribution in [0.15, 0.2) is 41.4 Å². The number of aliphatic imine (C=N–C) groups is 1. The van der Waals surface area contributed by atoms with Gasteiger partial charge in [-0.2, -0.15) is 0 Å². The number of fused-ring (bicyclic) bond motifs is 5. The summed E-state index contributed by atoms with van der Waals surface area (Å²) in [6.45, 7) is 4.02. The van der Waals surface area contributed by atoms with Gasteiger partial charge >= 0.3 is 0 Å². The van der Waals surface area contributed by atoms with Crippen LogP contribution in [0.25, 0.3) is 0 Å². The summed E-state index contributed by atoms with van der Waals surface area (Å²) in [4.78, 5) is 31.6. The lowest BCUT2D eigenvalue weighted by atomic mass is 9.85. The number of guanidine groups is 1. The second-order valence-corrected chi connectivity index (χ2v) is 7.76. The van der Waals surface area contributed by atoms with Gasteiger partial charge in [-0.15, -0.1) is 0 Å². The van der Waals surface area contributed by atoms with E-state index in [9.17, 15) is 9.59 Å². The maximum Gasteiger partial charge on any atom is 0.233 e. The fourth-order valence-electron chi connectivity index (χ4n) is 4.81. The quantitative estimate of drug-likeness (QED) is 0.316. The molecule has 3 aliphatic rings. The average Bonchev–Trinajstić information content (AvgIpc) is 3.41. The molecule has 0 radical (unpaired) electrons. The van der Waals surface area contributed by atoms with E-state index < -0.39 is 0 Å². The second-order valence-electron chi connectivity index (χ2n) is 7.76. The Hall–Kier alpha value is -2.83. The van der Waals surface area contributed by atoms with Gasteiger partial charge in [-0.1, -0.05) is 30.4 Å². The minimum atomic E-state index is -0.134. The van der Waals surface area contributed by atoms with E-state index in [2.05, 4.69) is 27.8 Å². The van der Waals surface area contributed by atoms with Crippen LogP contribution in [-0.4, -0.2) is 49.4 Å².